The molecule has 0 amide bonds. The number of hydrogen-bond donors (Lipinski definition) is 1. The van der Waals surface area contributed by atoms with Gasteiger partial charge in [0.15, 0.2) is 0 Å². The molecule has 0 aliphatic rings. The third-order valence-electron chi connectivity index (χ3n) is 2.77. The van der Waals surface area contributed by atoms with Crippen LogP contribution in [0.3, 0.4) is 0 Å². The third-order valence-corrected chi connectivity index (χ3v) is 3.33. The lowest BCUT2D eigenvalue weighted by Crippen LogP contribution is -2.17. The molecule has 2 aromatic rings. The second-order valence-electron chi connectivity index (χ2n) is 4.34. The van der Waals surface area contributed by atoms with Gasteiger partial charge in [-0.15, -0.1) is 0 Å². The number of carboxylic acids is 1. The number of aromatic nitrogens is 2. The van der Waals surface area contributed by atoms with Gasteiger partial charge in [0.25, 0.3) is 0 Å². The molecule has 98 valence electrons. The Morgan fingerprint density at radius 2 is 2.05 bits per heavy atom. The number of carbonyl (C=O) groups is 1. The fourth-order valence-electron chi connectivity index (χ4n) is 1.87. The van der Waals surface area contributed by atoms with Crippen LogP contribution in [0.1, 0.15) is 22.9 Å². The number of hydrogen-bond acceptors (Lipinski definition) is 3. The second-order valence-corrected chi connectivity index (χ2v) is 5.59. The number of carboxylic acid groups (broad SMARTS) is 1. The zero-order chi connectivity index (χ0) is 13.8. The summed E-state index contributed by atoms with van der Waals surface area (Å²) in [6, 6.07) is 7.83. The summed E-state index contributed by atoms with van der Waals surface area (Å²) in [4.78, 5) is 19.6. The first kappa shape index (κ1) is 13.9. The molecule has 4 nitrogen and oxygen atoms in total. The van der Waals surface area contributed by atoms with Crippen molar-refractivity contribution in [3.8, 4) is 0 Å². The third kappa shape index (κ3) is 3.73. The number of aliphatic carboxylic acids is 1. The second kappa shape index (κ2) is 6.10. The Hall–Kier alpha value is -1.50. The van der Waals surface area contributed by atoms with E-state index < -0.39 is 11.9 Å². The first-order chi connectivity index (χ1) is 9.06. The van der Waals surface area contributed by atoms with Crippen LogP contribution in [0, 0.1) is 10.5 Å². The van der Waals surface area contributed by atoms with Crippen LogP contribution in [0.2, 0.25) is 0 Å². The monoisotopic (exact) mass is 368 g/mol. The van der Waals surface area contributed by atoms with Crippen LogP contribution in [-0.2, 0) is 11.2 Å². The van der Waals surface area contributed by atoms with E-state index in [0.29, 0.717) is 12.2 Å². The molecule has 5 heteroatoms. The Bertz CT molecular complexity index is 584. The van der Waals surface area contributed by atoms with Gasteiger partial charge >= 0.3 is 5.97 Å². The molecule has 0 aliphatic heterocycles. The molecule has 1 atom stereocenters. The van der Waals surface area contributed by atoms with Crippen LogP contribution in [0.25, 0.3) is 0 Å². The van der Waals surface area contributed by atoms with Crippen LogP contribution in [0.15, 0.2) is 36.7 Å². The average Bonchev–Trinajstić information content (AvgIpc) is 2.37. The Labute approximate surface area is 125 Å². The van der Waals surface area contributed by atoms with Crippen molar-refractivity contribution in [3.05, 3.63) is 57.2 Å². The summed E-state index contributed by atoms with van der Waals surface area (Å²) in [5.41, 5.74) is 2.10. The summed E-state index contributed by atoms with van der Waals surface area (Å²) in [6.45, 7) is 1.99. The number of nitrogens with zero attached hydrogens (tertiary/aromatic N) is 2. The van der Waals surface area contributed by atoms with Gasteiger partial charge in [0, 0.05) is 16.0 Å². The highest BCUT2D eigenvalue weighted by Crippen LogP contribution is 2.19. The Morgan fingerprint density at radius 3 is 2.63 bits per heavy atom. The summed E-state index contributed by atoms with van der Waals surface area (Å²) < 4.78 is 0.890. The van der Waals surface area contributed by atoms with E-state index in [2.05, 4.69) is 32.6 Å². The van der Waals surface area contributed by atoms with Gasteiger partial charge in [-0.2, -0.15) is 0 Å². The first-order valence-electron chi connectivity index (χ1n) is 5.82. The molecule has 0 radical (unpaired) electrons. The highest BCUT2D eigenvalue weighted by atomic mass is 127. The van der Waals surface area contributed by atoms with Crippen molar-refractivity contribution < 1.29 is 9.90 Å². The molecular weight excluding hydrogens is 355 g/mol. The van der Waals surface area contributed by atoms with E-state index in [4.69, 9.17) is 0 Å². The Kier molecular flexibility index (Phi) is 4.47. The van der Waals surface area contributed by atoms with Gasteiger partial charge in [-0.1, -0.05) is 29.8 Å². The SMILES string of the molecule is Cc1cccc(CC(C(=O)O)c2ncc(I)cn2)c1. The number of halogens is 1. The van der Waals surface area contributed by atoms with E-state index in [1.165, 1.54) is 0 Å². The lowest BCUT2D eigenvalue weighted by Gasteiger charge is -2.11. The molecule has 0 aliphatic carbocycles. The Morgan fingerprint density at radius 1 is 1.37 bits per heavy atom. The smallest absolute Gasteiger partial charge is 0.314 e. The maximum atomic E-state index is 11.4. The van der Waals surface area contributed by atoms with Gasteiger partial charge in [0.1, 0.15) is 11.7 Å². The van der Waals surface area contributed by atoms with Crippen molar-refractivity contribution in [1.29, 1.82) is 0 Å². The molecule has 0 fully saturated rings. The van der Waals surface area contributed by atoms with Crippen LogP contribution in [0.4, 0.5) is 0 Å². The molecule has 0 saturated carbocycles. The van der Waals surface area contributed by atoms with Crippen molar-refractivity contribution >= 4 is 28.6 Å². The van der Waals surface area contributed by atoms with Crippen LogP contribution in [-0.4, -0.2) is 21.0 Å². The van der Waals surface area contributed by atoms with Crippen molar-refractivity contribution in [2.24, 2.45) is 0 Å². The lowest BCUT2D eigenvalue weighted by molar-refractivity contribution is -0.139. The van der Waals surface area contributed by atoms with Crippen LogP contribution >= 0.6 is 22.6 Å². The van der Waals surface area contributed by atoms with E-state index in [1.54, 1.807) is 12.4 Å². The minimum atomic E-state index is -0.900. The van der Waals surface area contributed by atoms with Crippen molar-refractivity contribution in [1.82, 2.24) is 9.97 Å². The van der Waals surface area contributed by atoms with Gasteiger partial charge in [0.2, 0.25) is 0 Å². The molecule has 1 aromatic heterocycles. The fourth-order valence-corrected chi connectivity index (χ4v) is 2.14. The molecule has 0 saturated heterocycles. The fraction of sp³-hybridized carbons (Fsp3) is 0.214. The maximum Gasteiger partial charge on any atom is 0.314 e. The summed E-state index contributed by atoms with van der Waals surface area (Å²) in [7, 11) is 0. The van der Waals surface area contributed by atoms with E-state index >= 15 is 0 Å². The zero-order valence-electron chi connectivity index (χ0n) is 10.4. The topological polar surface area (TPSA) is 63.1 Å². The highest BCUT2D eigenvalue weighted by Gasteiger charge is 2.23. The highest BCUT2D eigenvalue weighted by molar-refractivity contribution is 14.1. The molecule has 1 aromatic carbocycles. The van der Waals surface area contributed by atoms with Crippen LogP contribution in [0.5, 0.6) is 0 Å². The summed E-state index contributed by atoms with van der Waals surface area (Å²) >= 11 is 2.09. The minimum absolute atomic E-state index is 0.356. The van der Waals surface area contributed by atoms with E-state index in [9.17, 15) is 9.90 Å². The molecule has 1 heterocycles. The average molecular weight is 368 g/mol. The van der Waals surface area contributed by atoms with Gasteiger partial charge in [0.05, 0.1) is 0 Å². The molecule has 2 rings (SSSR count). The molecule has 0 bridgehead atoms. The summed E-state index contributed by atoms with van der Waals surface area (Å²) in [6.07, 6.45) is 3.67. The minimum Gasteiger partial charge on any atom is -0.481 e. The largest absolute Gasteiger partial charge is 0.481 e. The van der Waals surface area contributed by atoms with E-state index in [1.807, 2.05) is 31.2 Å². The lowest BCUT2D eigenvalue weighted by atomic mass is 9.97. The molecule has 1 N–H and O–H groups in total. The number of rotatable bonds is 4. The van der Waals surface area contributed by atoms with Crippen molar-refractivity contribution in [2.75, 3.05) is 0 Å². The normalized spacial score (nSPS) is 12.1. The number of aryl methyl sites for hydroxylation is 1. The van der Waals surface area contributed by atoms with Crippen LogP contribution < -0.4 is 0 Å². The van der Waals surface area contributed by atoms with Crippen molar-refractivity contribution in [3.63, 3.8) is 0 Å². The van der Waals surface area contributed by atoms with E-state index in [-0.39, 0.29) is 0 Å². The van der Waals surface area contributed by atoms with Gasteiger partial charge in [-0.25, -0.2) is 9.97 Å². The predicted molar refractivity (Wildman–Crippen MR) is 80.0 cm³/mol. The first-order valence-corrected chi connectivity index (χ1v) is 6.90. The standard InChI is InChI=1S/C14H13IN2O2/c1-9-3-2-4-10(5-9)6-12(14(18)19)13-16-7-11(15)8-17-13/h2-5,7-8,12H,6H2,1H3,(H,18,19). The summed E-state index contributed by atoms with van der Waals surface area (Å²) in [5, 5.41) is 9.34. The predicted octanol–water partition coefficient (Wildman–Crippen LogP) is 2.80. The van der Waals surface area contributed by atoms with Gasteiger partial charge < -0.3 is 5.11 Å². The summed E-state index contributed by atoms with van der Waals surface area (Å²) in [5.74, 6) is -1.25. The molecular formula is C14H13IN2O2. The zero-order valence-corrected chi connectivity index (χ0v) is 12.5. The van der Waals surface area contributed by atoms with Crippen molar-refractivity contribution in [2.45, 2.75) is 19.3 Å². The quantitative estimate of drug-likeness (QED) is 0.844. The van der Waals surface area contributed by atoms with Gasteiger partial charge in [-0.3, -0.25) is 4.79 Å². The number of benzene rings is 1. The molecule has 0 spiro atoms. The molecule has 19 heavy (non-hydrogen) atoms. The van der Waals surface area contributed by atoms with Gasteiger partial charge in [-0.05, 0) is 41.5 Å². The van der Waals surface area contributed by atoms with E-state index in [0.717, 1.165) is 14.7 Å². The molecule has 1 unspecified atom stereocenters. The maximum absolute atomic E-state index is 11.4. The Balaban J connectivity index is 2.26.